The number of hydrogen-bond acceptors (Lipinski definition) is 6. The lowest BCUT2D eigenvalue weighted by molar-refractivity contribution is -0.164. The fourth-order valence-electron chi connectivity index (χ4n) is 8.84. The Balaban J connectivity index is 1.28. The molecule has 3 N–H and O–H groups in total. The van der Waals surface area contributed by atoms with Crippen molar-refractivity contribution in [3.8, 4) is 0 Å². The smallest absolute Gasteiger partial charge is 0.311 e. The molecule has 0 bridgehead atoms. The Morgan fingerprint density at radius 2 is 1.54 bits per heavy atom. The third-order valence-corrected chi connectivity index (χ3v) is 13.0. The van der Waals surface area contributed by atoms with Gasteiger partial charge in [0.05, 0.1) is 24.0 Å². The number of piperidine rings is 1. The molecule has 2 aliphatic carbocycles. The average molecular weight is 783 g/mol. The summed E-state index contributed by atoms with van der Waals surface area (Å²) in [7, 11) is 0. The molecule has 0 aromatic heterocycles. The first-order valence-electron chi connectivity index (χ1n) is 23.0. The fraction of sp³-hybridized carbons (Fsp3) is 0.812. The molecule has 1 saturated heterocycles. The summed E-state index contributed by atoms with van der Waals surface area (Å²) >= 11 is 0. The summed E-state index contributed by atoms with van der Waals surface area (Å²) in [6, 6.07) is -0.00484. The summed E-state index contributed by atoms with van der Waals surface area (Å²) in [6.45, 7) is 13.8. The largest absolute Gasteiger partial charge is 0.461 e. The van der Waals surface area contributed by atoms with Gasteiger partial charge in [0.1, 0.15) is 6.10 Å². The minimum atomic E-state index is -0.933. The first-order valence-corrected chi connectivity index (χ1v) is 23.0. The van der Waals surface area contributed by atoms with Crippen LogP contribution in [0.3, 0.4) is 0 Å². The van der Waals surface area contributed by atoms with E-state index in [9.17, 15) is 24.6 Å². The maximum atomic E-state index is 13.1. The Morgan fingerprint density at radius 3 is 2.18 bits per heavy atom. The van der Waals surface area contributed by atoms with E-state index in [1.807, 2.05) is 25.7 Å². The van der Waals surface area contributed by atoms with Crippen molar-refractivity contribution in [2.45, 2.75) is 207 Å². The lowest BCUT2D eigenvalue weighted by Crippen LogP contribution is -2.47. The number of esters is 1. The summed E-state index contributed by atoms with van der Waals surface area (Å²) in [4.78, 5) is 40.7. The van der Waals surface area contributed by atoms with E-state index in [4.69, 9.17) is 4.74 Å². The molecule has 3 rings (SSSR count). The van der Waals surface area contributed by atoms with Gasteiger partial charge in [-0.2, -0.15) is 0 Å². The second-order valence-corrected chi connectivity index (χ2v) is 18.4. The van der Waals surface area contributed by atoms with Crippen molar-refractivity contribution in [3.63, 3.8) is 0 Å². The first-order chi connectivity index (χ1) is 26.8. The highest BCUT2D eigenvalue weighted by molar-refractivity contribution is 5.77. The number of fused-ring (bicyclic) bond motifs is 1. The van der Waals surface area contributed by atoms with Crippen LogP contribution in [0.25, 0.3) is 0 Å². The van der Waals surface area contributed by atoms with Gasteiger partial charge in [-0.05, 0) is 114 Å². The molecule has 0 radical (unpaired) electrons. The number of aliphatic hydroxyl groups excluding tert-OH is 2. The predicted molar refractivity (Wildman–Crippen MR) is 229 cm³/mol. The highest BCUT2D eigenvalue weighted by atomic mass is 16.5. The number of carbonyl (C=O) groups is 3. The van der Waals surface area contributed by atoms with E-state index in [1.54, 1.807) is 0 Å². The van der Waals surface area contributed by atoms with Gasteiger partial charge in [-0.25, -0.2) is 0 Å². The second kappa shape index (κ2) is 25.8. The molecule has 7 atom stereocenters. The van der Waals surface area contributed by atoms with Crippen molar-refractivity contribution < 1.29 is 29.3 Å². The molecule has 2 unspecified atom stereocenters. The van der Waals surface area contributed by atoms with Gasteiger partial charge >= 0.3 is 5.97 Å². The Hall–Kier alpha value is -2.45. The lowest BCUT2D eigenvalue weighted by atomic mass is 9.65. The summed E-state index contributed by atoms with van der Waals surface area (Å²) in [5.41, 5.74) is 0.688. The van der Waals surface area contributed by atoms with E-state index >= 15 is 0 Å². The molecule has 56 heavy (non-hydrogen) atoms. The monoisotopic (exact) mass is 783 g/mol. The highest BCUT2D eigenvalue weighted by Gasteiger charge is 2.43. The fourth-order valence-corrected chi connectivity index (χ4v) is 8.84. The van der Waals surface area contributed by atoms with Crippen molar-refractivity contribution in [2.75, 3.05) is 13.1 Å². The number of rotatable bonds is 26. The Bertz CT molecular complexity index is 1250. The minimum Gasteiger partial charge on any atom is -0.461 e. The molecule has 1 aliphatic heterocycles. The quantitative estimate of drug-likeness (QED) is 0.0457. The van der Waals surface area contributed by atoms with E-state index in [1.165, 1.54) is 76.2 Å². The summed E-state index contributed by atoms with van der Waals surface area (Å²) < 4.78 is 6.23. The number of unbranched alkanes of at least 4 members (excludes halogenated alkanes) is 11. The molecular formula is C48H82N2O6. The molecule has 3 aliphatic rings. The number of allylic oxidation sites excluding steroid dienone is 5. The first kappa shape index (κ1) is 47.9. The topological polar surface area (TPSA) is 116 Å². The number of aliphatic hydroxyl groups is 2. The molecule has 2 amide bonds. The molecule has 320 valence electrons. The van der Waals surface area contributed by atoms with Gasteiger partial charge in [0.15, 0.2) is 0 Å². The van der Waals surface area contributed by atoms with E-state index in [-0.39, 0.29) is 60.5 Å². The van der Waals surface area contributed by atoms with Gasteiger partial charge in [-0.3, -0.25) is 14.4 Å². The maximum Gasteiger partial charge on any atom is 0.311 e. The van der Waals surface area contributed by atoms with Crippen LogP contribution in [0.5, 0.6) is 0 Å². The van der Waals surface area contributed by atoms with Crippen molar-refractivity contribution in [2.24, 2.45) is 29.1 Å². The van der Waals surface area contributed by atoms with Gasteiger partial charge in [0.25, 0.3) is 0 Å². The number of amides is 2. The zero-order chi connectivity index (χ0) is 40.9. The van der Waals surface area contributed by atoms with Crippen LogP contribution in [0.15, 0.2) is 36.0 Å². The highest BCUT2D eigenvalue weighted by Crippen LogP contribution is 2.45. The average Bonchev–Trinajstić information content (AvgIpc) is 3.16. The SMILES string of the molecule is CCCCCCCCC=CCCCCCCCC(=O)N1CCC(NC(=O)C[C@H](O)C[C@@H](O)CC[C@@H]2C3C(=C[C@H](C)CC3OC(=O)C(C)(C)CC)C=C[C@@H]2C)CC1. The predicted octanol–water partition coefficient (Wildman–Crippen LogP) is 10.2. The van der Waals surface area contributed by atoms with Crippen molar-refractivity contribution in [1.29, 1.82) is 0 Å². The molecule has 8 heteroatoms. The summed E-state index contributed by atoms with van der Waals surface area (Å²) in [5, 5.41) is 24.8. The van der Waals surface area contributed by atoms with E-state index < -0.39 is 17.6 Å². The van der Waals surface area contributed by atoms with Crippen LogP contribution in [-0.4, -0.2) is 70.3 Å². The molecule has 0 spiro atoms. The van der Waals surface area contributed by atoms with Crippen LogP contribution < -0.4 is 5.32 Å². The van der Waals surface area contributed by atoms with Crippen LogP contribution in [-0.2, 0) is 19.1 Å². The third-order valence-electron chi connectivity index (χ3n) is 13.0. The van der Waals surface area contributed by atoms with Crippen LogP contribution in [0.2, 0.25) is 0 Å². The number of carbonyl (C=O) groups excluding carboxylic acids is 3. The van der Waals surface area contributed by atoms with Crippen LogP contribution >= 0.6 is 0 Å². The van der Waals surface area contributed by atoms with Crippen LogP contribution in [0.1, 0.15) is 183 Å². The van der Waals surface area contributed by atoms with Gasteiger partial charge in [-0.1, -0.05) is 109 Å². The molecule has 0 aromatic carbocycles. The third kappa shape index (κ3) is 17.2. The maximum absolute atomic E-state index is 13.1. The van der Waals surface area contributed by atoms with Gasteiger partial charge in [-0.15, -0.1) is 0 Å². The summed E-state index contributed by atoms with van der Waals surface area (Å²) in [5.74, 6) is 0.732. The van der Waals surface area contributed by atoms with Crippen molar-refractivity contribution in [1.82, 2.24) is 10.2 Å². The Kier molecular flexibility index (Phi) is 22.1. The number of nitrogens with one attached hydrogen (secondary N) is 1. The Labute approximate surface area is 341 Å². The van der Waals surface area contributed by atoms with E-state index in [0.717, 1.165) is 38.5 Å². The van der Waals surface area contributed by atoms with E-state index in [2.05, 4.69) is 56.5 Å². The molecule has 1 fully saturated rings. The number of nitrogens with zero attached hydrogens (tertiary/aromatic N) is 1. The molecule has 1 heterocycles. The van der Waals surface area contributed by atoms with E-state index in [0.29, 0.717) is 38.3 Å². The second-order valence-electron chi connectivity index (χ2n) is 18.4. The molecular weight excluding hydrogens is 701 g/mol. The van der Waals surface area contributed by atoms with Crippen molar-refractivity contribution in [3.05, 3.63) is 36.0 Å². The summed E-state index contributed by atoms with van der Waals surface area (Å²) in [6.07, 6.45) is 30.6. The normalized spacial score (nSPS) is 24.1. The number of likely N-dealkylation sites (tertiary alicyclic amines) is 1. The zero-order valence-electron chi connectivity index (χ0n) is 36.5. The van der Waals surface area contributed by atoms with Gasteiger partial charge in [0.2, 0.25) is 11.8 Å². The lowest BCUT2D eigenvalue weighted by Gasteiger charge is -2.44. The standard InChI is InChI=1S/C48H82N2O6/c1-7-9-10-11-12-13-14-15-16-17-18-19-20-21-22-23-45(54)50-30-28-39(29-31-50)49-44(53)35-41(52)34-40(51)26-27-42-37(4)24-25-38-32-36(3)33-43(46(38)42)56-47(55)48(5,6)8-2/h15-16,24-25,32,36-37,39-43,46,51-52H,7-14,17-23,26-31,33-35H2,1-6H3,(H,49,53)/t36-,37-,40-,41+,42-,43?,46?/m0/s1. The Morgan fingerprint density at radius 1 is 0.911 bits per heavy atom. The zero-order valence-corrected chi connectivity index (χ0v) is 36.5. The van der Waals surface area contributed by atoms with Gasteiger partial charge < -0.3 is 25.2 Å². The van der Waals surface area contributed by atoms with Gasteiger partial charge in [0, 0.05) is 31.5 Å². The van der Waals surface area contributed by atoms with Crippen LogP contribution in [0.4, 0.5) is 0 Å². The number of hydrogen-bond donors (Lipinski definition) is 3. The van der Waals surface area contributed by atoms with Crippen LogP contribution in [0, 0.1) is 29.1 Å². The molecule has 0 saturated carbocycles. The minimum absolute atomic E-state index is 0.00484. The van der Waals surface area contributed by atoms with Crippen molar-refractivity contribution >= 4 is 17.8 Å². The molecule has 0 aromatic rings. The number of ether oxygens (including phenoxy) is 1. The molecule has 8 nitrogen and oxygen atoms in total.